The Bertz CT molecular complexity index is 439. The fourth-order valence-electron chi connectivity index (χ4n) is 1.92. The van der Waals surface area contributed by atoms with Crippen LogP contribution in [0.1, 0.15) is 6.42 Å². The van der Waals surface area contributed by atoms with Gasteiger partial charge in [0.15, 0.2) is 0 Å². The maximum Gasteiger partial charge on any atom is 0.237 e. The van der Waals surface area contributed by atoms with Crippen molar-refractivity contribution in [3.8, 4) is 0 Å². The summed E-state index contributed by atoms with van der Waals surface area (Å²) in [7, 11) is 1.72. The SMILES string of the molecule is CN(C(=O)CC1NCCNC1=O)c1ccccc1.Cl. The molecule has 1 atom stereocenters. The Kier molecular flexibility index (Phi) is 5.79. The van der Waals surface area contributed by atoms with Gasteiger partial charge in [0.1, 0.15) is 0 Å². The molecule has 1 aliphatic rings. The van der Waals surface area contributed by atoms with E-state index in [1.165, 1.54) is 0 Å². The van der Waals surface area contributed by atoms with Crippen molar-refractivity contribution in [1.29, 1.82) is 0 Å². The van der Waals surface area contributed by atoms with E-state index in [4.69, 9.17) is 0 Å². The molecule has 5 nitrogen and oxygen atoms in total. The van der Waals surface area contributed by atoms with E-state index in [9.17, 15) is 9.59 Å². The number of carbonyl (C=O) groups is 2. The van der Waals surface area contributed by atoms with Gasteiger partial charge in [-0.05, 0) is 12.1 Å². The molecule has 0 aromatic heterocycles. The predicted molar refractivity (Wildman–Crippen MR) is 76.5 cm³/mol. The molecule has 19 heavy (non-hydrogen) atoms. The molecule has 0 radical (unpaired) electrons. The normalized spacial score (nSPS) is 18.2. The number of rotatable bonds is 3. The molecule has 2 amide bonds. The molecule has 1 aromatic rings. The molecule has 104 valence electrons. The van der Waals surface area contributed by atoms with Gasteiger partial charge in [-0.25, -0.2) is 0 Å². The minimum atomic E-state index is -0.419. The maximum absolute atomic E-state index is 12.1. The summed E-state index contributed by atoms with van der Waals surface area (Å²) in [5.74, 6) is -0.174. The number of carbonyl (C=O) groups excluding carboxylic acids is 2. The van der Waals surface area contributed by atoms with Gasteiger partial charge in [-0.1, -0.05) is 18.2 Å². The Morgan fingerprint density at radius 1 is 1.32 bits per heavy atom. The largest absolute Gasteiger partial charge is 0.353 e. The van der Waals surface area contributed by atoms with E-state index < -0.39 is 6.04 Å². The fourth-order valence-corrected chi connectivity index (χ4v) is 1.92. The average Bonchev–Trinajstić information content (AvgIpc) is 2.41. The first-order valence-corrected chi connectivity index (χ1v) is 6.01. The van der Waals surface area contributed by atoms with Crippen LogP contribution in [0, 0.1) is 0 Å². The molecule has 1 heterocycles. The van der Waals surface area contributed by atoms with Crippen molar-refractivity contribution in [3.05, 3.63) is 30.3 Å². The number of piperazine rings is 1. The zero-order valence-corrected chi connectivity index (χ0v) is 11.6. The molecule has 2 N–H and O–H groups in total. The molecule has 0 bridgehead atoms. The fraction of sp³-hybridized carbons (Fsp3) is 0.385. The molecule has 2 rings (SSSR count). The number of para-hydroxylation sites is 1. The van der Waals surface area contributed by atoms with Gasteiger partial charge in [0.25, 0.3) is 0 Å². The summed E-state index contributed by atoms with van der Waals surface area (Å²) in [6, 6.07) is 8.98. The molecular weight excluding hydrogens is 266 g/mol. The van der Waals surface area contributed by atoms with Crippen molar-refractivity contribution in [3.63, 3.8) is 0 Å². The van der Waals surface area contributed by atoms with Crippen LogP contribution in [-0.4, -0.2) is 38.0 Å². The lowest BCUT2D eigenvalue weighted by atomic mass is 10.1. The van der Waals surface area contributed by atoms with E-state index in [-0.39, 0.29) is 30.6 Å². The van der Waals surface area contributed by atoms with Gasteiger partial charge in [0, 0.05) is 25.8 Å². The van der Waals surface area contributed by atoms with E-state index in [0.29, 0.717) is 13.1 Å². The van der Waals surface area contributed by atoms with E-state index in [1.807, 2.05) is 30.3 Å². The first kappa shape index (κ1) is 15.5. The number of benzene rings is 1. The second kappa shape index (κ2) is 7.11. The Morgan fingerprint density at radius 2 is 2.00 bits per heavy atom. The summed E-state index contributed by atoms with van der Waals surface area (Å²) in [6.07, 6.45) is 0.178. The van der Waals surface area contributed by atoms with Gasteiger partial charge in [-0.15, -0.1) is 12.4 Å². The average molecular weight is 284 g/mol. The van der Waals surface area contributed by atoms with Crippen LogP contribution in [0.2, 0.25) is 0 Å². The van der Waals surface area contributed by atoms with Gasteiger partial charge in [-0.2, -0.15) is 0 Å². The Balaban J connectivity index is 0.00000180. The Morgan fingerprint density at radius 3 is 2.63 bits per heavy atom. The summed E-state index contributed by atoms with van der Waals surface area (Å²) < 4.78 is 0. The lowest BCUT2D eigenvalue weighted by Crippen LogP contribution is -2.54. The van der Waals surface area contributed by atoms with Crippen molar-refractivity contribution >= 4 is 29.9 Å². The van der Waals surface area contributed by atoms with Crippen LogP contribution in [0.25, 0.3) is 0 Å². The van der Waals surface area contributed by atoms with Gasteiger partial charge in [-0.3, -0.25) is 9.59 Å². The van der Waals surface area contributed by atoms with Gasteiger partial charge >= 0.3 is 0 Å². The highest BCUT2D eigenvalue weighted by Crippen LogP contribution is 2.13. The molecule has 1 saturated heterocycles. The molecule has 1 aromatic carbocycles. The monoisotopic (exact) mass is 283 g/mol. The molecule has 1 aliphatic heterocycles. The third-order valence-electron chi connectivity index (χ3n) is 3.03. The topological polar surface area (TPSA) is 61.4 Å². The smallest absolute Gasteiger partial charge is 0.237 e. The van der Waals surface area contributed by atoms with Gasteiger partial charge < -0.3 is 15.5 Å². The number of amides is 2. The minimum absolute atomic E-state index is 0. The number of anilines is 1. The summed E-state index contributed by atoms with van der Waals surface area (Å²) in [5, 5.41) is 5.79. The summed E-state index contributed by atoms with van der Waals surface area (Å²) in [6.45, 7) is 1.33. The quantitative estimate of drug-likeness (QED) is 0.852. The van der Waals surface area contributed by atoms with E-state index >= 15 is 0 Å². The number of nitrogens with one attached hydrogen (secondary N) is 2. The summed E-state index contributed by atoms with van der Waals surface area (Å²) in [5.41, 5.74) is 0.832. The lowest BCUT2D eigenvalue weighted by molar-refractivity contribution is -0.128. The zero-order chi connectivity index (χ0) is 13.0. The van der Waals surface area contributed by atoms with E-state index in [1.54, 1.807) is 11.9 Å². The molecule has 1 fully saturated rings. The predicted octanol–water partition coefficient (Wildman–Crippen LogP) is 0.549. The minimum Gasteiger partial charge on any atom is -0.353 e. The molecule has 0 saturated carbocycles. The maximum atomic E-state index is 12.1. The van der Waals surface area contributed by atoms with Crippen molar-refractivity contribution in [2.45, 2.75) is 12.5 Å². The van der Waals surface area contributed by atoms with Gasteiger partial charge in [0.2, 0.25) is 11.8 Å². The van der Waals surface area contributed by atoms with Crippen LogP contribution in [0.5, 0.6) is 0 Å². The highest BCUT2D eigenvalue weighted by atomic mass is 35.5. The van der Waals surface area contributed by atoms with Crippen LogP contribution < -0.4 is 15.5 Å². The molecule has 6 heteroatoms. The van der Waals surface area contributed by atoms with Crippen LogP contribution in [0.15, 0.2) is 30.3 Å². The molecule has 0 aliphatic carbocycles. The van der Waals surface area contributed by atoms with Crippen molar-refractivity contribution < 1.29 is 9.59 Å². The lowest BCUT2D eigenvalue weighted by Gasteiger charge is -2.25. The molecule has 0 spiro atoms. The second-order valence-corrected chi connectivity index (χ2v) is 4.29. The Hall–Kier alpha value is -1.59. The molecule has 1 unspecified atom stereocenters. The number of nitrogens with zero attached hydrogens (tertiary/aromatic N) is 1. The standard InChI is InChI=1S/C13H17N3O2.ClH/c1-16(10-5-3-2-4-6-10)12(17)9-11-13(18)15-8-7-14-11;/h2-6,11,14H,7-9H2,1H3,(H,15,18);1H. The molecular formula is C13H18ClN3O2. The second-order valence-electron chi connectivity index (χ2n) is 4.29. The van der Waals surface area contributed by atoms with E-state index in [2.05, 4.69) is 10.6 Å². The van der Waals surface area contributed by atoms with Crippen molar-refractivity contribution in [1.82, 2.24) is 10.6 Å². The first-order valence-electron chi connectivity index (χ1n) is 6.01. The number of halogens is 1. The van der Waals surface area contributed by atoms with Crippen LogP contribution in [-0.2, 0) is 9.59 Å². The van der Waals surface area contributed by atoms with Gasteiger partial charge in [0.05, 0.1) is 12.5 Å². The van der Waals surface area contributed by atoms with Crippen molar-refractivity contribution in [2.75, 3.05) is 25.0 Å². The summed E-state index contributed by atoms with van der Waals surface area (Å²) >= 11 is 0. The Labute approximate surface area is 118 Å². The number of hydrogen-bond donors (Lipinski definition) is 2. The highest BCUT2D eigenvalue weighted by molar-refractivity contribution is 5.97. The van der Waals surface area contributed by atoms with Crippen LogP contribution in [0.3, 0.4) is 0 Å². The van der Waals surface area contributed by atoms with Crippen LogP contribution in [0.4, 0.5) is 5.69 Å². The highest BCUT2D eigenvalue weighted by Gasteiger charge is 2.25. The third kappa shape index (κ3) is 3.94. The first-order chi connectivity index (χ1) is 8.68. The summed E-state index contributed by atoms with van der Waals surface area (Å²) in [4.78, 5) is 25.2. The van der Waals surface area contributed by atoms with Crippen LogP contribution >= 0.6 is 12.4 Å². The van der Waals surface area contributed by atoms with E-state index in [0.717, 1.165) is 5.69 Å². The van der Waals surface area contributed by atoms with Crippen molar-refractivity contribution in [2.24, 2.45) is 0 Å². The zero-order valence-electron chi connectivity index (χ0n) is 10.8. The third-order valence-corrected chi connectivity index (χ3v) is 3.03. The number of hydrogen-bond acceptors (Lipinski definition) is 3.